The smallest absolute Gasteiger partial charge is 0.261 e. The van der Waals surface area contributed by atoms with Crippen LogP contribution in [0.3, 0.4) is 0 Å². The third-order valence-electron chi connectivity index (χ3n) is 4.41. The fourth-order valence-corrected chi connectivity index (χ4v) is 4.75. The topological polar surface area (TPSA) is 42.4 Å². The molecule has 2 aromatic carbocycles. The number of thiazole rings is 1. The van der Waals surface area contributed by atoms with Crippen molar-refractivity contribution < 1.29 is 9.53 Å². The Bertz CT molecular complexity index is 927. The second-order valence-corrected chi connectivity index (χ2v) is 8.03. The molecular weight excluding hydrogens is 391 g/mol. The minimum absolute atomic E-state index is 0.0178. The summed E-state index contributed by atoms with van der Waals surface area (Å²) in [6.07, 6.45) is 1.89. The van der Waals surface area contributed by atoms with Gasteiger partial charge in [0.15, 0.2) is 6.61 Å². The number of nitrogens with zero attached hydrogens (tertiary/aromatic N) is 2. The highest BCUT2D eigenvalue weighted by Gasteiger charge is 2.32. The second-order valence-electron chi connectivity index (χ2n) is 6.13. The molecule has 1 fully saturated rings. The number of ether oxygens (including phenoxy) is 1. The summed E-state index contributed by atoms with van der Waals surface area (Å²) in [5.41, 5.74) is 0.982. The van der Waals surface area contributed by atoms with Crippen LogP contribution in [0.2, 0.25) is 10.0 Å². The number of hydrogen-bond donors (Lipinski definition) is 0. The Morgan fingerprint density at radius 3 is 2.92 bits per heavy atom. The maximum absolute atomic E-state index is 12.7. The highest BCUT2D eigenvalue weighted by Crippen LogP contribution is 2.36. The van der Waals surface area contributed by atoms with E-state index in [-0.39, 0.29) is 18.6 Å². The number of carbonyl (C=O) groups excluding carboxylic acids is 1. The Morgan fingerprint density at radius 1 is 1.27 bits per heavy atom. The van der Waals surface area contributed by atoms with Crippen molar-refractivity contribution >= 4 is 50.7 Å². The quantitative estimate of drug-likeness (QED) is 0.586. The summed E-state index contributed by atoms with van der Waals surface area (Å²) >= 11 is 13.6. The molecule has 0 unspecified atom stereocenters. The molecule has 134 valence electrons. The van der Waals surface area contributed by atoms with Gasteiger partial charge in [0.2, 0.25) is 0 Å². The van der Waals surface area contributed by atoms with Crippen molar-refractivity contribution in [3.8, 4) is 5.75 Å². The fourth-order valence-electron chi connectivity index (χ4n) is 3.17. The first-order chi connectivity index (χ1) is 12.6. The van der Waals surface area contributed by atoms with E-state index in [0.29, 0.717) is 15.8 Å². The number of carbonyl (C=O) groups is 1. The van der Waals surface area contributed by atoms with Crippen molar-refractivity contribution in [2.75, 3.05) is 13.2 Å². The lowest BCUT2D eigenvalue weighted by Gasteiger charge is -2.23. The molecule has 1 saturated heterocycles. The normalized spacial score (nSPS) is 17.0. The molecule has 0 N–H and O–H groups in total. The van der Waals surface area contributed by atoms with Crippen LogP contribution in [0, 0.1) is 0 Å². The van der Waals surface area contributed by atoms with Gasteiger partial charge in [0.05, 0.1) is 21.3 Å². The van der Waals surface area contributed by atoms with Crippen LogP contribution in [0.4, 0.5) is 0 Å². The summed E-state index contributed by atoms with van der Waals surface area (Å²) in [4.78, 5) is 19.3. The van der Waals surface area contributed by atoms with Gasteiger partial charge in [-0.3, -0.25) is 4.79 Å². The van der Waals surface area contributed by atoms with Crippen molar-refractivity contribution in [3.05, 3.63) is 57.5 Å². The van der Waals surface area contributed by atoms with Gasteiger partial charge in [-0.05, 0) is 43.2 Å². The number of fused-ring (bicyclic) bond motifs is 1. The third-order valence-corrected chi connectivity index (χ3v) is 6.08. The van der Waals surface area contributed by atoms with Crippen molar-refractivity contribution in [2.24, 2.45) is 0 Å². The lowest BCUT2D eigenvalue weighted by molar-refractivity contribution is -0.134. The molecule has 4 nitrogen and oxygen atoms in total. The predicted octanol–water partition coefficient (Wildman–Crippen LogP) is 5.35. The largest absolute Gasteiger partial charge is 0.482 e. The average Bonchev–Trinajstić information content (AvgIpc) is 3.27. The molecule has 0 aliphatic carbocycles. The SMILES string of the molecule is O=C(COc1ccc(Cl)cc1Cl)N1CCC[C@@H]1c1nc2ccccc2s1. The van der Waals surface area contributed by atoms with E-state index >= 15 is 0 Å². The standard InChI is InChI=1S/C19H16Cl2N2O2S/c20-12-7-8-16(13(21)10-12)25-11-18(24)23-9-3-5-15(23)19-22-14-4-1-2-6-17(14)26-19/h1-2,4,6-8,10,15H,3,5,9,11H2/t15-/m1/s1. The Balaban J connectivity index is 1.48. The molecule has 26 heavy (non-hydrogen) atoms. The van der Waals surface area contributed by atoms with Crippen LogP contribution in [-0.4, -0.2) is 28.9 Å². The van der Waals surface area contributed by atoms with Crippen LogP contribution in [0.25, 0.3) is 10.2 Å². The molecule has 0 saturated carbocycles. The Hall–Kier alpha value is -1.82. The van der Waals surface area contributed by atoms with Gasteiger partial charge in [-0.15, -0.1) is 11.3 Å². The van der Waals surface area contributed by atoms with Crippen molar-refractivity contribution in [3.63, 3.8) is 0 Å². The highest BCUT2D eigenvalue weighted by atomic mass is 35.5. The highest BCUT2D eigenvalue weighted by molar-refractivity contribution is 7.18. The van der Waals surface area contributed by atoms with Gasteiger partial charge in [0, 0.05) is 11.6 Å². The van der Waals surface area contributed by atoms with Gasteiger partial charge in [0.1, 0.15) is 10.8 Å². The first-order valence-corrected chi connectivity index (χ1v) is 9.92. The number of benzene rings is 2. The first kappa shape index (κ1) is 17.6. The molecule has 1 atom stereocenters. The first-order valence-electron chi connectivity index (χ1n) is 8.34. The molecular formula is C19H16Cl2N2O2S. The summed E-state index contributed by atoms with van der Waals surface area (Å²) in [6, 6.07) is 13.0. The van der Waals surface area contributed by atoms with Crippen LogP contribution in [-0.2, 0) is 4.79 Å². The Morgan fingerprint density at radius 2 is 2.12 bits per heavy atom. The van der Waals surface area contributed by atoms with E-state index in [1.54, 1.807) is 29.5 Å². The van der Waals surface area contributed by atoms with Crippen LogP contribution < -0.4 is 4.74 Å². The van der Waals surface area contributed by atoms with Crippen molar-refractivity contribution in [1.82, 2.24) is 9.88 Å². The molecule has 0 spiro atoms. The molecule has 0 bridgehead atoms. The molecule has 3 aromatic rings. The zero-order valence-electron chi connectivity index (χ0n) is 13.8. The van der Waals surface area contributed by atoms with Gasteiger partial charge < -0.3 is 9.64 Å². The number of likely N-dealkylation sites (tertiary alicyclic amines) is 1. The van der Waals surface area contributed by atoms with Gasteiger partial charge in [-0.1, -0.05) is 35.3 Å². The van der Waals surface area contributed by atoms with Crippen LogP contribution in [0.1, 0.15) is 23.9 Å². The Labute approximate surface area is 165 Å². The number of aromatic nitrogens is 1. The maximum atomic E-state index is 12.7. The van der Waals surface area contributed by atoms with E-state index in [1.807, 2.05) is 23.1 Å². The second kappa shape index (κ2) is 7.43. The maximum Gasteiger partial charge on any atom is 0.261 e. The van der Waals surface area contributed by atoms with Crippen LogP contribution in [0.15, 0.2) is 42.5 Å². The summed E-state index contributed by atoms with van der Waals surface area (Å²) in [7, 11) is 0. The van der Waals surface area contributed by atoms with Crippen LogP contribution >= 0.6 is 34.5 Å². The number of para-hydroxylation sites is 1. The van der Waals surface area contributed by atoms with Gasteiger partial charge in [-0.2, -0.15) is 0 Å². The fraction of sp³-hybridized carbons (Fsp3) is 0.263. The average molecular weight is 407 g/mol. The molecule has 0 radical (unpaired) electrons. The minimum atomic E-state index is -0.0576. The molecule has 4 rings (SSSR count). The van der Waals surface area contributed by atoms with Crippen molar-refractivity contribution in [2.45, 2.75) is 18.9 Å². The third kappa shape index (κ3) is 3.52. The predicted molar refractivity (Wildman–Crippen MR) is 105 cm³/mol. The molecule has 1 aromatic heterocycles. The summed E-state index contributed by atoms with van der Waals surface area (Å²) < 4.78 is 6.75. The van der Waals surface area contributed by atoms with E-state index < -0.39 is 0 Å². The molecule has 1 aliphatic rings. The van der Waals surface area contributed by atoms with Gasteiger partial charge in [-0.25, -0.2) is 4.98 Å². The molecule has 7 heteroatoms. The number of rotatable bonds is 4. The van der Waals surface area contributed by atoms with E-state index in [0.717, 1.165) is 34.6 Å². The zero-order chi connectivity index (χ0) is 18.1. The molecule has 1 amide bonds. The van der Waals surface area contributed by atoms with Crippen molar-refractivity contribution in [1.29, 1.82) is 0 Å². The van der Waals surface area contributed by atoms with Crippen LogP contribution in [0.5, 0.6) is 5.75 Å². The zero-order valence-corrected chi connectivity index (χ0v) is 16.2. The van der Waals surface area contributed by atoms with E-state index in [1.165, 1.54) is 0 Å². The molecule has 2 heterocycles. The lowest BCUT2D eigenvalue weighted by Crippen LogP contribution is -2.34. The summed E-state index contributed by atoms with van der Waals surface area (Å²) in [5, 5.41) is 1.92. The molecule has 1 aliphatic heterocycles. The van der Waals surface area contributed by atoms with Gasteiger partial charge >= 0.3 is 0 Å². The Kier molecular flexibility index (Phi) is 5.02. The minimum Gasteiger partial charge on any atom is -0.482 e. The number of hydrogen-bond acceptors (Lipinski definition) is 4. The van der Waals surface area contributed by atoms with E-state index in [4.69, 9.17) is 32.9 Å². The lowest BCUT2D eigenvalue weighted by atomic mass is 10.2. The summed E-state index contributed by atoms with van der Waals surface area (Å²) in [5.74, 6) is 0.401. The van der Waals surface area contributed by atoms with Gasteiger partial charge in [0.25, 0.3) is 5.91 Å². The summed E-state index contributed by atoms with van der Waals surface area (Å²) in [6.45, 7) is 0.667. The number of amides is 1. The van der Waals surface area contributed by atoms with E-state index in [2.05, 4.69) is 6.07 Å². The van der Waals surface area contributed by atoms with E-state index in [9.17, 15) is 4.79 Å². The number of halogens is 2. The monoisotopic (exact) mass is 406 g/mol.